The lowest BCUT2D eigenvalue weighted by Gasteiger charge is -2.12. The number of ketones is 1. The van der Waals surface area contributed by atoms with Gasteiger partial charge in [-0.3, -0.25) is 9.59 Å². The number of hydrogen-bond acceptors (Lipinski definition) is 5. The van der Waals surface area contributed by atoms with Crippen molar-refractivity contribution in [3.63, 3.8) is 0 Å². The Morgan fingerprint density at radius 3 is 2.40 bits per heavy atom. The topological polar surface area (TPSA) is 85.6 Å². The molecule has 130 valence electrons. The second kappa shape index (κ2) is 6.93. The Balaban J connectivity index is 1.64. The summed E-state index contributed by atoms with van der Waals surface area (Å²) in [5.41, 5.74) is 1.34. The number of benzene rings is 1. The van der Waals surface area contributed by atoms with Gasteiger partial charge in [0.05, 0.1) is 0 Å². The Hall–Kier alpha value is -2.89. The molecule has 6 heteroatoms. The zero-order chi connectivity index (χ0) is 18.0. The van der Waals surface area contributed by atoms with Crippen LogP contribution in [0.5, 0.6) is 0 Å². The number of amides is 1. The molecular formula is C19H19NO5. The summed E-state index contributed by atoms with van der Waals surface area (Å²) in [6.07, 6.45) is 1.06. The van der Waals surface area contributed by atoms with Crippen LogP contribution in [0.2, 0.25) is 0 Å². The van der Waals surface area contributed by atoms with Crippen LogP contribution in [0.1, 0.15) is 47.6 Å². The van der Waals surface area contributed by atoms with Crippen molar-refractivity contribution < 1.29 is 23.5 Å². The second-order valence-electron chi connectivity index (χ2n) is 6.13. The predicted molar refractivity (Wildman–Crippen MR) is 90.2 cm³/mol. The molecule has 1 atom stereocenters. The van der Waals surface area contributed by atoms with Crippen molar-refractivity contribution in [3.05, 3.63) is 47.7 Å². The summed E-state index contributed by atoms with van der Waals surface area (Å²) < 4.78 is 10.7. The average molecular weight is 341 g/mol. The van der Waals surface area contributed by atoms with Crippen LogP contribution in [0, 0.1) is 0 Å². The van der Waals surface area contributed by atoms with Gasteiger partial charge < -0.3 is 14.5 Å². The van der Waals surface area contributed by atoms with Gasteiger partial charge in [-0.15, -0.1) is 0 Å². The number of rotatable bonds is 6. The van der Waals surface area contributed by atoms with E-state index in [1.54, 1.807) is 30.3 Å². The lowest BCUT2D eigenvalue weighted by atomic mass is 10.1. The molecule has 1 heterocycles. The molecule has 6 nitrogen and oxygen atoms in total. The molecule has 1 amide bonds. The van der Waals surface area contributed by atoms with Crippen LogP contribution in [0.4, 0.5) is 0 Å². The van der Waals surface area contributed by atoms with Gasteiger partial charge in [-0.05, 0) is 38.8 Å². The summed E-state index contributed by atoms with van der Waals surface area (Å²) >= 11 is 0. The van der Waals surface area contributed by atoms with E-state index in [4.69, 9.17) is 9.15 Å². The molecule has 1 aliphatic rings. The molecule has 3 rings (SSSR count). The SMILES string of the molecule is CC(=O)c1ccc(-c2ccc(C(=O)O[C@H](C)C(=O)NC3CC3)o2)cc1. The minimum absolute atomic E-state index is 0.0197. The van der Waals surface area contributed by atoms with Gasteiger partial charge in [0.1, 0.15) is 5.76 Å². The van der Waals surface area contributed by atoms with E-state index in [0.29, 0.717) is 11.3 Å². The van der Waals surface area contributed by atoms with Crippen LogP contribution in [-0.2, 0) is 9.53 Å². The highest BCUT2D eigenvalue weighted by molar-refractivity contribution is 5.94. The Labute approximate surface area is 145 Å². The first-order chi connectivity index (χ1) is 11.9. The Kier molecular flexibility index (Phi) is 4.70. The summed E-state index contributed by atoms with van der Waals surface area (Å²) in [6, 6.07) is 10.2. The fraction of sp³-hybridized carbons (Fsp3) is 0.316. The molecule has 1 aliphatic carbocycles. The third kappa shape index (κ3) is 4.15. The van der Waals surface area contributed by atoms with Crippen molar-refractivity contribution >= 4 is 17.7 Å². The Bertz CT molecular complexity index is 801. The number of carbonyl (C=O) groups excluding carboxylic acids is 3. The number of nitrogens with one attached hydrogen (secondary N) is 1. The molecular weight excluding hydrogens is 322 g/mol. The van der Waals surface area contributed by atoms with Gasteiger partial charge in [0.25, 0.3) is 5.91 Å². The first-order valence-corrected chi connectivity index (χ1v) is 8.16. The number of Topliss-reactive ketones (excluding diaryl/α,β-unsaturated/α-hetero) is 1. The van der Waals surface area contributed by atoms with Gasteiger partial charge in [-0.2, -0.15) is 0 Å². The minimum atomic E-state index is -0.878. The van der Waals surface area contributed by atoms with Crippen LogP contribution in [0.15, 0.2) is 40.8 Å². The van der Waals surface area contributed by atoms with Crippen LogP contribution >= 0.6 is 0 Å². The molecule has 1 fully saturated rings. The van der Waals surface area contributed by atoms with Gasteiger partial charge >= 0.3 is 5.97 Å². The van der Waals surface area contributed by atoms with Crippen molar-refractivity contribution in [1.29, 1.82) is 0 Å². The predicted octanol–water partition coefficient (Wildman–Crippen LogP) is 2.97. The first kappa shape index (κ1) is 17.0. The fourth-order valence-corrected chi connectivity index (χ4v) is 2.29. The van der Waals surface area contributed by atoms with E-state index >= 15 is 0 Å². The quantitative estimate of drug-likeness (QED) is 0.645. The van der Waals surface area contributed by atoms with Crippen LogP contribution in [0.25, 0.3) is 11.3 Å². The smallest absolute Gasteiger partial charge is 0.375 e. The summed E-state index contributed by atoms with van der Waals surface area (Å²) in [5.74, 6) is -0.505. The average Bonchev–Trinajstić information content (AvgIpc) is 3.26. The van der Waals surface area contributed by atoms with E-state index in [2.05, 4.69) is 5.32 Å². The maximum atomic E-state index is 12.1. The molecule has 2 aromatic rings. The third-order valence-electron chi connectivity index (χ3n) is 3.96. The largest absolute Gasteiger partial charge is 0.449 e. The molecule has 0 bridgehead atoms. The van der Waals surface area contributed by atoms with Gasteiger partial charge in [0, 0.05) is 17.2 Å². The van der Waals surface area contributed by atoms with Crippen LogP contribution < -0.4 is 5.32 Å². The minimum Gasteiger partial charge on any atom is -0.449 e. The van der Waals surface area contributed by atoms with E-state index in [1.807, 2.05) is 0 Å². The van der Waals surface area contributed by atoms with Crippen molar-refractivity contribution in [1.82, 2.24) is 5.32 Å². The molecule has 0 saturated heterocycles. The number of hydrogen-bond donors (Lipinski definition) is 1. The van der Waals surface area contributed by atoms with Crippen LogP contribution in [-0.4, -0.2) is 29.8 Å². The van der Waals surface area contributed by atoms with Gasteiger partial charge in [0.2, 0.25) is 5.76 Å². The molecule has 1 saturated carbocycles. The van der Waals surface area contributed by atoms with Crippen molar-refractivity contribution in [3.8, 4) is 11.3 Å². The standard InChI is InChI=1S/C19H19NO5/c1-11(21)13-3-5-14(6-4-13)16-9-10-17(25-16)19(23)24-12(2)18(22)20-15-7-8-15/h3-6,9-10,12,15H,7-8H2,1-2H3,(H,20,22)/t12-/m1/s1. The third-order valence-corrected chi connectivity index (χ3v) is 3.96. The van der Waals surface area contributed by atoms with Crippen LogP contribution in [0.3, 0.4) is 0 Å². The molecule has 1 N–H and O–H groups in total. The molecule has 1 aromatic carbocycles. The highest BCUT2D eigenvalue weighted by Gasteiger charge is 2.28. The Morgan fingerprint density at radius 2 is 1.80 bits per heavy atom. The number of esters is 1. The van der Waals surface area contributed by atoms with Crippen molar-refractivity contribution in [2.75, 3.05) is 0 Å². The highest BCUT2D eigenvalue weighted by Crippen LogP contribution is 2.23. The fourth-order valence-electron chi connectivity index (χ4n) is 2.29. The van der Waals surface area contributed by atoms with E-state index in [1.165, 1.54) is 19.9 Å². The normalized spacial score (nSPS) is 14.6. The molecule has 1 aromatic heterocycles. The van der Waals surface area contributed by atoms with E-state index in [0.717, 1.165) is 18.4 Å². The summed E-state index contributed by atoms with van der Waals surface area (Å²) in [5, 5.41) is 2.78. The zero-order valence-corrected chi connectivity index (χ0v) is 14.1. The second-order valence-corrected chi connectivity index (χ2v) is 6.13. The molecule has 0 radical (unpaired) electrons. The number of furan rings is 1. The van der Waals surface area contributed by atoms with E-state index in [9.17, 15) is 14.4 Å². The Morgan fingerprint density at radius 1 is 1.12 bits per heavy atom. The maximum absolute atomic E-state index is 12.1. The van der Waals surface area contributed by atoms with Gasteiger partial charge in [-0.25, -0.2) is 4.79 Å². The zero-order valence-electron chi connectivity index (χ0n) is 14.1. The highest BCUT2D eigenvalue weighted by atomic mass is 16.6. The van der Waals surface area contributed by atoms with Crippen molar-refractivity contribution in [2.24, 2.45) is 0 Å². The van der Waals surface area contributed by atoms with E-state index < -0.39 is 12.1 Å². The molecule has 0 aliphatic heterocycles. The lowest BCUT2D eigenvalue weighted by Crippen LogP contribution is -2.37. The molecule has 25 heavy (non-hydrogen) atoms. The maximum Gasteiger partial charge on any atom is 0.375 e. The van der Waals surface area contributed by atoms with Gasteiger partial charge in [0.15, 0.2) is 11.9 Å². The summed E-state index contributed by atoms with van der Waals surface area (Å²) in [6.45, 7) is 3.02. The number of ether oxygens (including phenoxy) is 1. The summed E-state index contributed by atoms with van der Waals surface area (Å²) in [7, 11) is 0. The van der Waals surface area contributed by atoms with Crippen molar-refractivity contribution in [2.45, 2.75) is 38.8 Å². The number of carbonyl (C=O) groups is 3. The monoisotopic (exact) mass is 341 g/mol. The summed E-state index contributed by atoms with van der Waals surface area (Å²) in [4.78, 5) is 35.2. The van der Waals surface area contributed by atoms with E-state index in [-0.39, 0.29) is 23.5 Å². The first-order valence-electron chi connectivity index (χ1n) is 8.16. The molecule has 0 unspecified atom stereocenters. The molecule has 0 spiro atoms. The van der Waals surface area contributed by atoms with Gasteiger partial charge in [-0.1, -0.05) is 24.3 Å². The lowest BCUT2D eigenvalue weighted by molar-refractivity contribution is -0.129.